The van der Waals surface area contributed by atoms with Crippen molar-refractivity contribution in [2.45, 2.75) is 13.0 Å². The minimum absolute atomic E-state index is 0.00851. The van der Waals surface area contributed by atoms with Crippen LogP contribution in [0.15, 0.2) is 18.9 Å². The van der Waals surface area contributed by atoms with Crippen molar-refractivity contribution in [3.63, 3.8) is 0 Å². The molecule has 3 heterocycles. The van der Waals surface area contributed by atoms with Crippen molar-refractivity contribution in [2.75, 3.05) is 5.32 Å². The number of hydrogen-bond donors (Lipinski definition) is 1. The fraction of sp³-hybridized carbons (Fsp3) is 0.364. The average Bonchev–Trinajstić information content (AvgIpc) is 2.97. The van der Waals surface area contributed by atoms with Gasteiger partial charge in [0.1, 0.15) is 18.5 Å². The Kier molecular flexibility index (Phi) is 2.62. The van der Waals surface area contributed by atoms with Crippen LogP contribution in [-0.2, 0) is 14.1 Å². The van der Waals surface area contributed by atoms with E-state index in [4.69, 9.17) is 0 Å². The molecule has 0 aliphatic carbocycles. The van der Waals surface area contributed by atoms with Crippen LogP contribution in [0.5, 0.6) is 0 Å². The van der Waals surface area contributed by atoms with Crippen LogP contribution >= 0.6 is 0 Å². The Bertz CT molecular complexity index is 712. The largest absolute Gasteiger partial charge is 0.360 e. The van der Waals surface area contributed by atoms with Crippen molar-refractivity contribution in [2.24, 2.45) is 14.1 Å². The molecule has 0 aliphatic rings. The summed E-state index contributed by atoms with van der Waals surface area (Å²) in [5, 5.41) is 16.3. The quantitative estimate of drug-likeness (QED) is 0.743. The molecule has 3 rings (SSSR count). The highest BCUT2D eigenvalue weighted by Crippen LogP contribution is 2.22. The van der Waals surface area contributed by atoms with E-state index in [2.05, 4.69) is 30.6 Å². The zero-order valence-corrected chi connectivity index (χ0v) is 10.9. The Morgan fingerprint density at radius 1 is 1.26 bits per heavy atom. The van der Waals surface area contributed by atoms with E-state index in [9.17, 15) is 0 Å². The lowest BCUT2D eigenvalue weighted by Crippen LogP contribution is -2.13. The second kappa shape index (κ2) is 4.30. The molecule has 0 aromatic carbocycles. The molecule has 98 valence electrons. The number of rotatable bonds is 3. The van der Waals surface area contributed by atoms with E-state index < -0.39 is 0 Å². The number of nitrogens with zero attached hydrogens (tertiary/aromatic N) is 7. The van der Waals surface area contributed by atoms with E-state index >= 15 is 0 Å². The summed E-state index contributed by atoms with van der Waals surface area (Å²) in [7, 11) is 3.76. The number of hydrogen-bond acceptors (Lipinski definition) is 6. The Balaban J connectivity index is 1.95. The van der Waals surface area contributed by atoms with E-state index in [0.29, 0.717) is 0 Å². The molecule has 19 heavy (non-hydrogen) atoms. The van der Waals surface area contributed by atoms with E-state index in [1.165, 1.54) is 6.33 Å². The molecule has 0 unspecified atom stereocenters. The van der Waals surface area contributed by atoms with Gasteiger partial charge in [-0.05, 0) is 6.92 Å². The third kappa shape index (κ3) is 1.90. The first-order valence-electron chi connectivity index (χ1n) is 5.90. The Hall–Kier alpha value is -2.51. The normalized spacial score (nSPS) is 12.8. The number of anilines is 1. The number of fused-ring (bicyclic) bond motifs is 1. The lowest BCUT2D eigenvalue weighted by molar-refractivity contribution is 0.717. The summed E-state index contributed by atoms with van der Waals surface area (Å²) in [6, 6.07) is -0.00851. The molecule has 0 saturated heterocycles. The standard InChI is InChI=1S/C11H14N8/c1-7(10-17-14-6-18(10)2)16-9-8-4-15-19(3)11(8)13-5-12-9/h4-7H,1-3H3,(H,12,13,16)/t7-/m1/s1. The van der Waals surface area contributed by atoms with Crippen molar-refractivity contribution in [1.82, 2.24) is 34.5 Å². The van der Waals surface area contributed by atoms with Crippen LogP contribution in [0.1, 0.15) is 18.8 Å². The molecule has 0 fully saturated rings. The van der Waals surface area contributed by atoms with Crippen molar-refractivity contribution in [3.8, 4) is 0 Å². The second-order valence-electron chi connectivity index (χ2n) is 4.39. The minimum Gasteiger partial charge on any atom is -0.360 e. The van der Waals surface area contributed by atoms with Crippen LogP contribution in [0.2, 0.25) is 0 Å². The minimum atomic E-state index is -0.00851. The molecule has 0 amide bonds. The molecular weight excluding hydrogens is 244 g/mol. The van der Waals surface area contributed by atoms with Crippen LogP contribution in [0.3, 0.4) is 0 Å². The number of nitrogens with one attached hydrogen (secondary N) is 1. The molecule has 0 aliphatic heterocycles. The van der Waals surface area contributed by atoms with Crippen LogP contribution in [0.4, 0.5) is 5.82 Å². The number of aryl methyl sites for hydroxylation is 2. The molecule has 0 spiro atoms. The zero-order chi connectivity index (χ0) is 13.4. The predicted octanol–water partition coefficient (Wildman–Crippen LogP) is 0.665. The van der Waals surface area contributed by atoms with Gasteiger partial charge in [-0.15, -0.1) is 10.2 Å². The van der Waals surface area contributed by atoms with Gasteiger partial charge in [0, 0.05) is 14.1 Å². The van der Waals surface area contributed by atoms with E-state index in [0.717, 1.165) is 22.7 Å². The molecule has 8 heteroatoms. The molecule has 3 aromatic rings. The highest BCUT2D eigenvalue weighted by molar-refractivity contribution is 5.86. The molecule has 0 bridgehead atoms. The second-order valence-corrected chi connectivity index (χ2v) is 4.39. The first-order valence-corrected chi connectivity index (χ1v) is 5.90. The van der Waals surface area contributed by atoms with Gasteiger partial charge in [-0.1, -0.05) is 0 Å². The summed E-state index contributed by atoms with van der Waals surface area (Å²) in [6.45, 7) is 2.01. The van der Waals surface area contributed by atoms with E-state index in [1.807, 2.05) is 25.6 Å². The lowest BCUT2D eigenvalue weighted by Gasteiger charge is -2.13. The van der Waals surface area contributed by atoms with Gasteiger partial charge in [0.2, 0.25) is 0 Å². The predicted molar refractivity (Wildman–Crippen MR) is 69.3 cm³/mol. The molecular formula is C11H14N8. The molecule has 0 saturated carbocycles. The van der Waals surface area contributed by atoms with Gasteiger partial charge in [-0.3, -0.25) is 4.68 Å². The lowest BCUT2D eigenvalue weighted by atomic mass is 10.3. The Labute approximate surface area is 109 Å². The van der Waals surface area contributed by atoms with Crippen LogP contribution < -0.4 is 5.32 Å². The third-order valence-corrected chi connectivity index (χ3v) is 3.02. The van der Waals surface area contributed by atoms with E-state index in [-0.39, 0.29) is 6.04 Å². The number of aromatic nitrogens is 7. The maximum Gasteiger partial charge on any atom is 0.163 e. The summed E-state index contributed by atoms with van der Waals surface area (Å²) < 4.78 is 3.59. The molecule has 1 atom stereocenters. The highest BCUT2D eigenvalue weighted by Gasteiger charge is 2.14. The smallest absolute Gasteiger partial charge is 0.163 e. The maximum atomic E-state index is 4.27. The van der Waals surface area contributed by atoms with Crippen molar-refractivity contribution in [1.29, 1.82) is 0 Å². The van der Waals surface area contributed by atoms with Crippen molar-refractivity contribution < 1.29 is 0 Å². The van der Waals surface area contributed by atoms with Crippen LogP contribution in [0.25, 0.3) is 11.0 Å². The van der Waals surface area contributed by atoms with Crippen LogP contribution in [-0.4, -0.2) is 34.5 Å². The summed E-state index contributed by atoms with van der Waals surface area (Å²) in [5.74, 6) is 1.59. The summed E-state index contributed by atoms with van der Waals surface area (Å²) in [6.07, 6.45) is 4.95. The Morgan fingerprint density at radius 3 is 2.84 bits per heavy atom. The van der Waals surface area contributed by atoms with Gasteiger partial charge in [0.05, 0.1) is 17.6 Å². The molecule has 3 aromatic heterocycles. The first kappa shape index (κ1) is 11.6. The van der Waals surface area contributed by atoms with Gasteiger partial charge in [-0.25, -0.2) is 9.97 Å². The maximum absolute atomic E-state index is 4.27. The SMILES string of the molecule is C[C@@H](Nc1ncnc2c1cnn2C)c1nncn1C. The van der Waals surface area contributed by atoms with Gasteiger partial charge in [0.15, 0.2) is 11.5 Å². The van der Waals surface area contributed by atoms with Crippen LogP contribution in [0, 0.1) is 0 Å². The van der Waals surface area contributed by atoms with Gasteiger partial charge >= 0.3 is 0 Å². The Morgan fingerprint density at radius 2 is 2.11 bits per heavy atom. The monoisotopic (exact) mass is 258 g/mol. The topological polar surface area (TPSA) is 86.3 Å². The summed E-state index contributed by atoms with van der Waals surface area (Å²) in [5.41, 5.74) is 0.794. The third-order valence-electron chi connectivity index (χ3n) is 3.02. The highest BCUT2D eigenvalue weighted by atomic mass is 15.3. The fourth-order valence-electron chi connectivity index (χ4n) is 2.03. The van der Waals surface area contributed by atoms with E-state index in [1.54, 1.807) is 17.2 Å². The van der Waals surface area contributed by atoms with Crippen molar-refractivity contribution >= 4 is 16.9 Å². The fourth-order valence-corrected chi connectivity index (χ4v) is 2.03. The average molecular weight is 258 g/mol. The zero-order valence-electron chi connectivity index (χ0n) is 10.9. The molecule has 0 radical (unpaired) electrons. The first-order chi connectivity index (χ1) is 9.16. The van der Waals surface area contributed by atoms with Crippen molar-refractivity contribution in [3.05, 3.63) is 24.7 Å². The summed E-state index contributed by atoms with van der Waals surface area (Å²) >= 11 is 0. The molecule has 8 nitrogen and oxygen atoms in total. The van der Waals surface area contributed by atoms with Gasteiger partial charge < -0.3 is 9.88 Å². The van der Waals surface area contributed by atoms with Gasteiger partial charge in [-0.2, -0.15) is 5.10 Å². The molecule has 1 N–H and O–H groups in total. The summed E-state index contributed by atoms with van der Waals surface area (Å²) in [4.78, 5) is 8.47. The van der Waals surface area contributed by atoms with Gasteiger partial charge in [0.25, 0.3) is 0 Å².